The summed E-state index contributed by atoms with van der Waals surface area (Å²) in [4.78, 5) is 11.9. The standard InChI is InChI=1S/C13H22N2O2/c1-8-9(2)14-15(10(8)3)11(4)12(16)17-13(5,6)7/h11H,1-7H3. The van der Waals surface area contributed by atoms with Gasteiger partial charge in [0.2, 0.25) is 0 Å². The molecule has 0 bridgehead atoms. The van der Waals surface area contributed by atoms with E-state index in [-0.39, 0.29) is 12.0 Å². The van der Waals surface area contributed by atoms with Gasteiger partial charge in [-0.3, -0.25) is 4.68 Å². The van der Waals surface area contributed by atoms with E-state index < -0.39 is 5.60 Å². The highest BCUT2D eigenvalue weighted by Crippen LogP contribution is 2.19. The third kappa shape index (κ3) is 3.08. The molecular weight excluding hydrogens is 216 g/mol. The maximum Gasteiger partial charge on any atom is 0.331 e. The fourth-order valence-electron chi connectivity index (χ4n) is 1.61. The first-order valence-corrected chi connectivity index (χ1v) is 5.88. The van der Waals surface area contributed by atoms with Crippen molar-refractivity contribution in [3.05, 3.63) is 17.0 Å². The zero-order chi connectivity index (χ0) is 13.4. The molecule has 17 heavy (non-hydrogen) atoms. The van der Waals surface area contributed by atoms with Crippen molar-refractivity contribution in [2.75, 3.05) is 0 Å². The van der Waals surface area contributed by atoms with E-state index in [2.05, 4.69) is 5.10 Å². The lowest BCUT2D eigenvalue weighted by Gasteiger charge is -2.22. The average Bonchev–Trinajstić information content (AvgIpc) is 2.42. The molecule has 0 fully saturated rings. The number of ether oxygens (including phenoxy) is 1. The summed E-state index contributed by atoms with van der Waals surface area (Å²) in [6, 6.07) is -0.387. The zero-order valence-electron chi connectivity index (χ0n) is 11.8. The van der Waals surface area contributed by atoms with E-state index >= 15 is 0 Å². The Morgan fingerprint density at radius 3 is 2.18 bits per heavy atom. The monoisotopic (exact) mass is 238 g/mol. The first-order chi connectivity index (χ1) is 7.63. The number of hydrogen-bond acceptors (Lipinski definition) is 3. The second kappa shape index (κ2) is 4.51. The van der Waals surface area contributed by atoms with E-state index in [0.717, 1.165) is 17.0 Å². The Hall–Kier alpha value is -1.32. The molecule has 1 heterocycles. The Labute approximate surface area is 103 Å². The number of hydrogen-bond donors (Lipinski definition) is 0. The molecule has 0 aromatic carbocycles. The van der Waals surface area contributed by atoms with E-state index in [1.54, 1.807) is 4.68 Å². The van der Waals surface area contributed by atoms with Crippen molar-refractivity contribution in [1.82, 2.24) is 9.78 Å². The van der Waals surface area contributed by atoms with Crippen LogP contribution in [0.3, 0.4) is 0 Å². The summed E-state index contributed by atoms with van der Waals surface area (Å²) in [5, 5.41) is 4.38. The van der Waals surface area contributed by atoms with E-state index in [1.165, 1.54) is 0 Å². The van der Waals surface area contributed by atoms with Crippen LogP contribution in [-0.4, -0.2) is 21.4 Å². The van der Waals surface area contributed by atoms with Gasteiger partial charge in [0.1, 0.15) is 11.6 Å². The van der Waals surface area contributed by atoms with Crippen LogP contribution in [0, 0.1) is 20.8 Å². The highest BCUT2D eigenvalue weighted by Gasteiger charge is 2.25. The van der Waals surface area contributed by atoms with Crippen molar-refractivity contribution >= 4 is 5.97 Å². The van der Waals surface area contributed by atoms with Gasteiger partial charge in [-0.25, -0.2) is 4.79 Å². The Balaban J connectivity index is 2.93. The molecule has 0 radical (unpaired) electrons. The fourth-order valence-corrected chi connectivity index (χ4v) is 1.61. The van der Waals surface area contributed by atoms with Crippen molar-refractivity contribution in [2.24, 2.45) is 0 Å². The molecule has 0 N–H and O–H groups in total. The molecule has 1 atom stereocenters. The molecule has 0 aliphatic rings. The lowest BCUT2D eigenvalue weighted by molar-refractivity contribution is -0.158. The highest BCUT2D eigenvalue weighted by molar-refractivity contribution is 5.74. The van der Waals surface area contributed by atoms with E-state index in [0.29, 0.717) is 0 Å². The van der Waals surface area contributed by atoms with Gasteiger partial charge in [-0.2, -0.15) is 5.10 Å². The lowest BCUT2D eigenvalue weighted by Crippen LogP contribution is -2.29. The second-order valence-corrected chi connectivity index (χ2v) is 5.45. The smallest absolute Gasteiger partial charge is 0.331 e. The Morgan fingerprint density at radius 2 is 1.82 bits per heavy atom. The normalized spacial score (nSPS) is 13.6. The minimum absolute atomic E-state index is 0.247. The molecule has 1 rings (SSSR count). The number of esters is 1. The van der Waals surface area contributed by atoms with Crippen molar-refractivity contribution in [3.63, 3.8) is 0 Å². The van der Waals surface area contributed by atoms with Gasteiger partial charge in [-0.1, -0.05) is 0 Å². The molecule has 4 heteroatoms. The van der Waals surface area contributed by atoms with Crippen molar-refractivity contribution in [3.8, 4) is 0 Å². The third-order valence-corrected chi connectivity index (χ3v) is 2.80. The summed E-state index contributed by atoms with van der Waals surface area (Å²) in [7, 11) is 0. The van der Waals surface area contributed by atoms with Gasteiger partial charge in [0.25, 0.3) is 0 Å². The molecule has 4 nitrogen and oxygen atoms in total. The molecule has 1 aromatic heterocycles. The van der Waals surface area contributed by atoms with Crippen LogP contribution in [-0.2, 0) is 9.53 Å². The fraction of sp³-hybridized carbons (Fsp3) is 0.692. The summed E-state index contributed by atoms with van der Waals surface area (Å²) in [5.41, 5.74) is 2.63. The maximum atomic E-state index is 11.9. The van der Waals surface area contributed by atoms with Gasteiger partial charge in [-0.05, 0) is 54.0 Å². The average molecular weight is 238 g/mol. The Kier molecular flexibility index (Phi) is 3.65. The summed E-state index contributed by atoms with van der Waals surface area (Å²) < 4.78 is 7.09. The van der Waals surface area contributed by atoms with Crippen LogP contribution in [0.25, 0.3) is 0 Å². The molecule has 0 saturated heterocycles. The topological polar surface area (TPSA) is 44.1 Å². The van der Waals surface area contributed by atoms with Crippen LogP contribution in [0.1, 0.15) is 50.7 Å². The van der Waals surface area contributed by atoms with Gasteiger partial charge in [0, 0.05) is 5.69 Å². The van der Waals surface area contributed by atoms with Gasteiger partial charge in [0.15, 0.2) is 0 Å². The highest BCUT2D eigenvalue weighted by atomic mass is 16.6. The number of carbonyl (C=O) groups is 1. The first-order valence-electron chi connectivity index (χ1n) is 5.88. The van der Waals surface area contributed by atoms with Crippen LogP contribution < -0.4 is 0 Å². The van der Waals surface area contributed by atoms with Crippen LogP contribution in [0.2, 0.25) is 0 Å². The van der Waals surface area contributed by atoms with Gasteiger partial charge in [0.05, 0.1) is 5.69 Å². The van der Waals surface area contributed by atoms with Crippen molar-refractivity contribution in [2.45, 2.75) is 60.1 Å². The van der Waals surface area contributed by atoms with Gasteiger partial charge >= 0.3 is 5.97 Å². The predicted molar refractivity (Wildman–Crippen MR) is 67.0 cm³/mol. The molecule has 0 amide bonds. The predicted octanol–water partition coefficient (Wildman–Crippen LogP) is 2.71. The Morgan fingerprint density at radius 1 is 1.29 bits per heavy atom. The molecule has 0 spiro atoms. The molecule has 1 unspecified atom stereocenters. The minimum atomic E-state index is -0.462. The molecule has 96 valence electrons. The largest absolute Gasteiger partial charge is 0.458 e. The summed E-state index contributed by atoms with van der Waals surface area (Å²) in [6.45, 7) is 13.3. The zero-order valence-corrected chi connectivity index (χ0v) is 11.8. The SMILES string of the molecule is Cc1nn(C(C)C(=O)OC(C)(C)C)c(C)c1C. The summed E-state index contributed by atoms with van der Waals surface area (Å²) in [6.07, 6.45) is 0. The molecular formula is C13H22N2O2. The quantitative estimate of drug-likeness (QED) is 0.744. The van der Waals surface area contributed by atoms with Crippen LogP contribution in [0.4, 0.5) is 0 Å². The Bertz CT molecular complexity index is 427. The van der Waals surface area contributed by atoms with Crippen LogP contribution >= 0.6 is 0 Å². The number of nitrogens with zero attached hydrogens (tertiary/aromatic N) is 2. The van der Waals surface area contributed by atoms with E-state index in [1.807, 2.05) is 48.5 Å². The van der Waals surface area contributed by atoms with Crippen LogP contribution in [0.15, 0.2) is 0 Å². The molecule has 0 aliphatic heterocycles. The minimum Gasteiger partial charge on any atom is -0.458 e. The molecule has 0 saturated carbocycles. The van der Waals surface area contributed by atoms with E-state index in [4.69, 9.17) is 4.74 Å². The summed E-state index contributed by atoms with van der Waals surface area (Å²) in [5.74, 6) is -0.247. The summed E-state index contributed by atoms with van der Waals surface area (Å²) >= 11 is 0. The maximum absolute atomic E-state index is 11.9. The van der Waals surface area contributed by atoms with Crippen molar-refractivity contribution < 1.29 is 9.53 Å². The van der Waals surface area contributed by atoms with Gasteiger partial charge < -0.3 is 4.74 Å². The van der Waals surface area contributed by atoms with Crippen molar-refractivity contribution in [1.29, 1.82) is 0 Å². The lowest BCUT2D eigenvalue weighted by atomic mass is 10.2. The first kappa shape index (κ1) is 13.7. The van der Waals surface area contributed by atoms with Crippen LogP contribution in [0.5, 0.6) is 0 Å². The number of rotatable bonds is 2. The second-order valence-electron chi connectivity index (χ2n) is 5.45. The number of aromatic nitrogens is 2. The third-order valence-electron chi connectivity index (χ3n) is 2.80. The molecule has 1 aromatic rings. The molecule has 0 aliphatic carbocycles. The van der Waals surface area contributed by atoms with E-state index in [9.17, 15) is 4.79 Å². The number of aryl methyl sites for hydroxylation is 1. The van der Waals surface area contributed by atoms with Gasteiger partial charge in [-0.15, -0.1) is 0 Å². The number of carbonyl (C=O) groups excluding carboxylic acids is 1.